The van der Waals surface area contributed by atoms with Gasteiger partial charge in [0, 0.05) is 24.6 Å². The van der Waals surface area contributed by atoms with E-state index in [0.717, 1.165) is 15.6 Å². The number of nitrogens with one attached hydrogen (secondary N) is 1. The van der Waals surface area contributed by atoms with Crippen molar-refractivity contribution in [1.29, 1.82) is 0 Å². The lowest BCUT2D eigenvalue weighted by atomic mass is 10.1. The van der Waals surface area contributed by atoms with E-state index in [2.05, 4.69) is 21.2 Å². The molecule has 0 fully saturated rings. The number of carboxylic acids is 1. The van der Waals surface area contributed by atoms with Crippen molar-refractivity contribution in [3.63, 3.8) is 0 Å². The third kappa shape index (κ3) is 4.85. The number of hydrogen-bond acceptors (Lipinski definition) is 2. The normalized spacial score (nSPS) is 11.8. The minimum atomic E-state index is -0.910. The second kappa shape index (κ2) is 7.28. The minimum Gasteiger partial charge on any atom is -0.481 e. The van der Waals surface area contributed by atoms with Gasteiger partial charge in [-0.15, -0.1) is 0 Å². The minimum absolute atomic E-state index is 0.179. The molecule has 1 aromatic carbocycles. The molecule has 0 radical (unpaired) electrons. The highest BCUT2D eigenvalue weighted by Gasteiger charge is 2.17. The standard InChI is InChI=1S/C14H19BrN2O3/c1-9-4-5-12(15)6-11(9)7-16-14(20)17(3)8-10(2)13(18)19/h4-6,10H,7-8H2,1-3H3,(H,16,20)(H,18,19). The first-order chi connectivity index (χ1) is 9.31. The second-order valence-corrected chi connectivity index (χ2v) is 5.76. The number of benzene rings is 1. The van der Waals surface area contributed by atoms with Gasteiger partial charge in [0.2, 0.25) is 0 Å². The summed E-state index contributed by atoms with van der Waals surface area (Å²) in [5.41, 5.74) is 2.11. The number of aryl methyl sites for hydroxylation is 1. The van der Waals surface area contributed by atoms with Gasteiger partial charge in [0.25, 0.3) is 0 Å². The molecule has 0 aliphatic carbocycles. The molecule has 20 heavy (non-hydrogen) atoms. The van der Waals surface area contributed by atoms with Crippen LogP contribution in [0.4, 0.5) is 4.79 Å². The average molecular weight is 343 g/mol. The summed E-state index contributed by atoms with van der Waals surface area (Å²) in [5, 5.41) is 11.6. The van der Waals surface area contributed by atoms with Crippen molar-refractivity contribution in [2.45, 2.75) is 20.4 Å². The molecule has 1 rings (SSSR count). The molecular formula is C14H19BrN2O3. The highest BCUT2D eigenvalue weighted by Crippen LogP contribution is 2.15. The van der Waals surface area contributed by atoms with Crippen LogP contribution in [0.1, 0.15) is 18.1 Å². The Kier molecular flexibility index (Phi) is 6.01. The Labute approximate surface area is 127 Å². The van der Waals surface area contributed by atoms with Crippen molar-refractivity contribution >= 4 is 27.9 Å². The van der Waals surface area contributed by atoms with Gasteiger partial charge < -0.3 is 15.3 Å². The summed E-state index contributed by atoms with van der Waals surface area (Å²) in [4.78, 5) is 24.0. The molecule has 2 amide bonds. The van der Waals surface area contributed by atoms with Crippen LogP contribution in [0.15, 0.2) is 22.7 Å². The van der Waals surface area contributed by atoms with Crippen LogP contribution in [-0.4, -0.2) is 35.6 Å². The molecule has 0 bridgehead atoms. The first-order valence-corrected chi connectivity index (χ1v) is 7.07. The molecule has 1 atom stereocenters. The molecule has 2 N–H and O–H groups in total. The third-order valence-electron chi connectivity index (χ3n) is 3.06. The molecular weight excluding hydrogens is 324 g/mol. The Hall–Kier alpha value is -1.56. The number of carbonyl (C=O) groups is 2. The predicted molar refractivity (Wildman–Crippen MR) is 80.5 cm³/mol. The van der Waals surface area contributed by atoms with Gasteiger partial charge in [-0.25, -0.2) is 4.79 Å². The van der Waals surface area contributed by atoms with Crippen LogP contribution in [0.3, 0.4) is 0 Å². The molecule has 0 aromatic heterocycles. The topological polar surface area (TPSA) is 69.6 Å². The smallest absolute Gasteiger partial charge is 0.317 e. The zero-order valence-corrected chi connectivity index (χ0v) is 13.4. The second-order valence-electron chi connectivity index (χ2n) is 4.85. The zero-order valence-electron chi connectivity index (χ0n) is 11.8. The highest BCUT2D eigenvalue weighted by atomic mass is 79.9. The van der Waals surface area contributed by atoms with Crippen molar-refractivity contribution in [2.75, 3.05) is 13.6 Å². The number of rotatable bonds is 5. The summed E-state index contributed by atoms with van der Waals surface area (Å²) in [6, 6.07) is 5.59. The fraction of sp³-hybridized carbons (Fsp3) is 0.429. The summed E-state index contributed by atoms with van der Waals surface area (Å²) >= 11 is 3.39. The molecule has 0 saturated heterocycles. The van der Waals surface area contributed by atoms with E-state index in [-0.39, 0.29) is 12.6 Å². The molecule has 0 aliphatic rings. The first kappa shape index (κ1) is 16.5. The summed E-state index contributed by atoms with van der Waals surface area (Å²) < 4.78 is 0.959. The Bertz CT molecular complexity index is 505. The lowest BCUT2D eigenvalue weighted by Gasteiger charge is -2.20. The summed E-state index contributed by atoms with van der Waals surface area (Å²) in [6.07, 6.45) is 0. The Morgan fingerprint density at radius 2 is 2.10 bits per heavy atom. The maximum atomic E-state index is 11.9. The molecule has 0 spiro atoms. The van der Waals surface area contributed by atoms with E-state index >= 15 is 0 Å². The van der Waals surface area contributed by atoms with E-state index in [0.29, 0.717) is 6.54 Å². The van der Waals surface area contributed by atoms with Crippen molar-refractivity contribution in [2.24, 2.45) is 5.92 Å². The fourth-order valence-corrected chi connectivity index (χ4v) is 2.12. The first-order valence-electron chi connectivity index (χ1n) is 6.28. The van der Waals surface area contributed by atoms with Crippen molar-refractivity contribution in [1.82, 2.24) is 10.2 Å². The van der Waals surface area contributed by atoms with Crippen molar-refractivity contribution in [3.8, 4) is 0 Å². The third-order valence-corrected chi connectivity index (χ3v) is 3.55. The number of nitrogens with zero attached hydrogens (tertiary/aromatic N) is 1. The molecule has 0 heterocycles. The summed E-state index contributed by atoms with van der Waals surface area (Å²) in [5.74, 6) is -1.49. The van der Waals surface area contributed by atoms with E-state index in [1.165, 1.54) is 4.90 Å². The SMILES string of the molecule is Cc1ccc(Br)cc1CNC(=O)N(C)CC(C)C(=O)O. The van der Waals surface area contributed by atoms with Gasteiger partial charge in [-0.3, -0.25) is 4.79 Å². The Morgan fingerprint density at radius 3 is 2.70 bits per heavy atom. The lowest BCUT2D eigenvalue weighted by molar-refractivity contribution is -0.141. The maximum absolute atomic E-state index is 11.9. The van der Waals surface area contributed by atoms with Gasteiger partial charge in [-0.2, -0.15) is 0 Å². The van der Waals surface area contributed by atoms with E-state index < -0.39 is 11.9 Å². The molecule has 6 heteroatoms. The van der Waals surface area contributed by atoms with Gasteiger partial charge in [-0.1, -0.05) is 28.9 Å². The maximum Gasteiger partial charge on any atom is 0.317 e. The van der Waals surface area contributed by atoms with E-state index in [1.807, 2.05) is 25.1 Å². The molecule has 5 nitrogen and oxygen atoms in total. The van der Waals surface area contributed by atoms with Crippen molar-refractivity contribution < 1.29 is 14.7 Å². The van der Waals surface area contributed by atoms with Crippen LogP contribution in [0.5, 0.6) is 0 Å². The van der Waals surface area contributed by atoms with Crippen LogP contribution < -0.4 is 5.32 Å². The van der Waals surface area contributed by atoms with Crippen LogP contribution in [0.2, 0.25) is 0 Å². The Morgan fingerprint density at radius 1 is 1.45 bits per heavy atom. The number of halogens is 1. The predicted octanol–water partition coefficient (Wildman–Crippen LogP) is 2.62. The molecule has 0 aliphatic heterocycles. The van der Waals surface area contributed by atoms with Crippen molar-refractivity contribution in [3.05, 3.63) is 33.8 Å². The van der Waals surface area contributed by atoms with Gasteiger partial charge in [0.1, 0.15) is 0 Å². The quantitative estimate of drug-likeness (QED) is 0.864. The molecule has 1 aromatic rings. The number of carboxylic acid groups (broad SMARTS) is 1. The highest BCUT2D eigenvalue weighted by molar-refractivity contribution is 9.10. The van der Waals surface area contributed by atoms with Gasteiger partial charge in [-0.05, 0) is 30.2 Å². The largest absolute Gasteiger partial charge is 0.481 e. The number of urea groups is 1. The van der Waals surface area contributed by atoms with E-state index in [1.54, 1.807) is 14.0 Å². The van der Waals surface area contributed by atoms with Gasteiger partial charge in [0.15, 0.2) is 0 Å². The average Bonchev–Trinajstić information content (AvgIpc) is 2.39. The lowest BCUT2D eigenvalue weighted by Crippen LogP contribution is -2.40. The van der Waals surface area contributed by atoms with E-state index in [9.17, 15) is 9.59 Å². The zero-order chi connectivity index (χ0) is 15.3. The van der Waals surface area contributed by atoms with Crippen LogP contribution in [-0.2, 0) is 11.3 Å². The monoisotopic (exact) mass is 342 g/mol. The molecule has 0 saturated carbocycles. The van der Waals surface area contributed by atoms with Crippen LogP contribution in [0.25, 0.3) is 0 Å². The van der Waals surface area contributed by atoms with Gasteiger partial charge in [0.05, 0.1) is 5.92 Å². The number of carbonyl (C=O) groups excluding carboxylic acids is 1. The number of amides is 2. The fourth-order valence-electron chi connectivity index (χ4n) is 1.71. The van der Waals surface area contributed by atoms with Gasteiger partial charge >= 0.3 is 12.0 Å². The Balaban J connectivity index is 2.54. The molecule has 110 valence electrons. The summed E-state index contributed by atoms with van der Waals surface area (Å²) in [6.45, 7) is 4.14. The molecule has 1 unspecified atom stereocenters. The van der Waals surface area contributed by atoms with Crippen LogP contribution in [0, 0.1) is 12.8 Å². The van der Waals surface area contributed by atoms with Crippen LogP contribution >= 0.6 is 15.9 Å². The van der Waals surface area contributed by atoms with E-state index in [4.69, 9.17) is 5.11 Å². The number of hydrogen-bond donors (Lipinski definition) is 2. The number of aliphatic carboxylic acids is 1. The summed E-state index contributed by atoms with van der Waals surface area (Å²) in [7, 11) is 1.59.